The summed E-state index contributed by atoms with van der Waals surface area (Å²) >= 11 is 0. The van der Waals surface area contributed by atoms with Crippen LogP contribution in [0.1, 0.15) is 6.92 Å². The molecular formula is C6H12NO3. The van der Waals surface area contributed by atoms with Crippen LogP contribution in [-0.2, 0) is 9.47 Å². The minimum Gasteiger partial charge on any atom is -0.443 e. The Bertz CT molecular complexity index is 95.0. The zero-order valence-corrected chi connectivity index (χ0v) is 6.22. The molecule has 0 aromatic heterocycles. The quantitative estimate of drug-likeness (QED) is 0.589. The second-order valence-corrected chi connectivity index (χ2v) is 1.56. The first-order chi connectivity index (χ1) is 4.81. The fourth-order valence-corrected chi connectivity index (χ4v) is 0.404. The van der Waals surface area contributed by atoms with E-state index in [1.54, 1.807) is 14.0 Å². The third kappa shape index (κ3) is 5.37. The Morgan fingerprint density at radius 1 is 1.70 bits per heavy atom. The van der Waals surface area contributed by atoms with Crippen LogP contribution in [0, 0.1) is 6.61 Å². The third-order valence-corrected chi connectivity index (χ3v) is 0.800. The number of ether oxygens (including phenoxy) is 2. The largest absolute Gasteiger partial charge is 0.443 e. The lowest BCUT2D eigenvalue weighted by atomic mass is 10.7. The average molecular weight is 146 g/mol. The SMILES string of the molecule is C[CH]OC(=O)NCCOC. The van der Waals surface area contributed by atoms with Gasteiger partial charge in [-0.05, 0) is 6.92 Å². The summed E-state index contributed by atoms with van der Waals surface area (Å²) in [6, 6.07) is 0. The van der Waals surface area contributed by atoms with Gasteiger partial charge in [-0.3, -0.25) is 0 Å². The molecule has 0 aliphatic heterocycles. The zero-order valence-electron chi connectivity index (χ0n) is 6.22. The van der Waals surface area contributed by atoms with Crippen LogP contribution in [-0.4, -0.2) is 26.4 Å². The van der Waals surface area contributed by atoms with Gasteiger partial charge in [0.25, 0.3) is 0 Å². The molecule has 0 atom stereocenters. The van der Waals surface area contributed by atoms with Gasteiger partial charge in [-0.25, -0.2) is 4.79 Å². The average Bonchev–Trinajstić information content (AvgIpc) is 1.89. The van der Waals surface area contributed by atoms with E-state index in [2.05, 4.69) is 14.8 Å². The number of carbonyl (C=O) groups is 1. The molecule has 4 nitrogen and oxygen atoms in total. The molecule has 0 bridgehead atoms. The molecule has 59 valence electrons. The summed E-state index contributed by atoms with van der Waals surface area (Å²) in [5, 5.41) is 2.47. The van der Waals surface area contributed by atoms with E-state index in [0.717, 1.165) is 0 Å². The lowest BCUT2D eigenvalue weighted by Gasteiger charge is -2.02. The molecule has 1 amide bonds. The Kier molecular flexibility index (Phi) is 5.86. The van der Waals surface area contributed by atoms with Gasteiger partial charge in [0.2, 0.25) is 0 Å². The van der Waals surface area contributed by atoms with Crippen molar-refractivity contribution >= 4 is 6.09 Å². The maximum atomic E-state index is 10.5. The highest BCUT2D eigenvalue weighted by atomic mass is 16.5. The van der Waals surface area contributed by atoms with Crippen molar-refractivity contribution in [2.75, 3.05) is 20.3 Å². The normalized spacial score (nSPS) is 9.00. The van der Waals surface area contributed by atoms with Gasteiger partial charge in [0.1, 0.15) is 6.61 Å². The van der Waals surface area contributed by atoms with E-state index in [-0.39, 0.29) is 0 Å². The summed E-state index contributed by atoms with van der Waals surface area (Å²) in [5.74, 6) is 0. The Labute approximate surface area is 60.5 Å². The molecule has 0 aromatic rings. The molecule has 0 unspecified atom stereocenters. The van der Waals surface area contributed by atoms with E-state index < -0.39 is 6.09 Å². The number of hydrogen-bond donors (Lipinski definition) is 1. The molecule has 0 heterocycles. The Balaban J connectivity index is 3.05. The lowest BCUT2D eigenvalue weighted by molar-refractivity contribution is 0.161. The molecular weight excluding hydrogens is 134 g/mol. The van der Waals surface area contributed by atoms with E-state index in [0.29, 0.717) is 13.2 Å². The summed E-state index contributed by atoms with van der Waals surface area (Å²) in [6.07, 6.45) is -0.445. The van der Waals surface area contributed by atoms with Crippen molar-refractivity contribution in [1.29, 1.82) is 0 Å². The van der Waals surface area contributed by atoms with Gasteiger partial charge >= 0.3 is 6.09 Å². The highest BCUT2D eigenvalue weighted by Gasteiger charge is 1.96. The summed E-state index contributed by atoms with van der Waals surface area (Å²) in [7, 11) is 1.57. The Hall–Kier alpha value is -0.770. The first-order valence-electron chi connectivity index (χ1n) is 3.02. The zero-order chi connectivity index (χ0) is 7.82. The van der Waals surface area contributed by atoms with Gasteiger partial charge in [-0.15, -0.1) is 0 Å². The number of hydrogen-bond acceptors (Lipinski definition) is 3. The van der Waals surface area contributed by atoms with Gasteiger partial charge in [0, 0.05) is 13.7 Å². The van der Waals surface area contributed by atoms with E-state index in [1.165, 1.54) is 6.61 Å². The molecule has 0 spiro atoms. The van der Waals surface area contributed by atoms with Crippen LogP contribution in [0.15, 0.2) is 0 Å². The minimum absolute atomic E-state index is 0.445. The van der Waals surface area contributed by atoms with Crippen LogP contribution >= 0.6 is 0 Å². The lowest BCUT2D eigenvalue weighted by Crippen LogP contribution is -2.26. The smallest absolute Gasteiger partial charge is 0.407 e. The van der Waals surface area contributed by atoms with Crippen molar-refractivity contribution in [3.8, 4) is 0 Å². The number of nitrogens with one attached hydrogen (secondary N) is 1. The van der Waals surface area contributed by atoms with E-state index >= 15 is 0 Å². The molecule has 0 aliphatic rings. The summed E-state index contributed by atoms with van der Waals surface area (Å²) in [6.45, 7) is 3.93. The molecule has 10 heavy (non-hydrogen) atoms. The first-order valence-corrected chi connectivity index (χ1v) is 3.02. The van der Waals surface area contributed by atoms with E-state index in [4.69, 9.17) is 0 Å². The maximum Gasteiger partial charge on any atom is 0.407 e. The van der Waals surface area contributed by atoms with Crippen molar-refractivity contribution in [2.45, 2.75) is 6.92 Å². The molecule has 0 fully saturated rings. The van der Waals surface area contributed by atoms with E-state index in [9.17, 15) is 4.79 Å². The third-order valence-electron chi connectivity index (χ3n) is 0.800. The van der Waals surface area contributed by atoms with Gasteiger partial charge in [0.05, 0.1) is 6.61 Å². The van der Waals surface area contributed by atoms with Crippen LogP contribution in [0.4, 0.5) is 4.79 Å². The molecule has 1 N–H and O–H groups in total. The highest BCUT2D eigenvalue weighted by molar-refractivity contribution is 5.67. The summed E-state index contributed by atoms with van der Waals surface area (Å²) in [4.78, 5) is 10.5. The van der Waals surface area contributed by atoms with Crippen LogP contribution in [0.2, 0.25) is 0 Å². The Morgan fingerprint density at radius 2 is 2.40 bits per heavy atom. The molecule has 4 heteroatoms. The minimum atomic E-state index is -0.445. The monoisotopic (exact) mass is 146 g/mol. The number of rotatable bonds is 4. The van der Waals surface area contributed by atoms with Gasteiger partial charge in [-0.1, -0.05) is 0 Å². The number of amides is 1. The topological polar surface area (TPSA) is 47.6 Å². The van der Waals surface area contributed by atoms with Gasteiger partial charge < -0.3 is 14.8 Å². The predicted molar refractivity (Wildman–Crippen MR) is 36.3 cm³/mol. The number of carbonyl (C=O) groups excluding carboxylic acids is 1. The van der Waals surface area contributed by atoms with Crippen molar-refractivity contribution in [3.63, 3.8) is 0 Å². The van der Waals surface area contributed by atoms with Crippen molar-refractivity contribution in [3.05, 3.63) is 6.61 Å². The maximum absolute atomic E-state index is 10.5. The van der Waals surface area contributed by atoms with Crippen LogP contribution in [0.25, 0.3) is 0 Å². The van der Waals surface area contributed by atoms with E-state index in [1.807, 2.05) is 0 Å². The number of methoxy groups -OCH3 is 1. The predicted octanol–water partition coefficient (Wildman–Crippen LogP) is 0.541. The first kappa shape index (κ1) is 9.23. The van der Waals surface area contributed by atoms with Gasteiger partial charge in [-0.2, -0.15) is 0 Å². The summed E-state index contributed by atoms with van der Waals surface area (Å²) in [5.41, 5.74) is 0. The Morgan fingerprint density at radius 3 is 2.90 bits per heavy atom. The second kappa shape index (κ2) is 6.35. The van der Waals surface area contributed by atoms with Crippen LogP contribution < -0.4 is 5.32 Å². The second-order valence-electron chi connectivity index (χ2n) is 1.56. The van der Waals surface area contributed by atoms with Crippen molar-refractivity contribution < 1.29 is 14.3 Å². The van der Waals surface area contributed by atoms with Crippen molar-refractivity contribution in [2.24, 2.45) is 0 Å². The fraction of sp³-hybridized carbons (Fsp3) is 0.667. The molecule has 0 saturated heterocycles. The fourth-order valence-electron chi connectivity index (χ4n) is 0.404. The molecule has 0 aliphatic carbocycles. The van der Waals surface area contributed by atoms with Crippen LogP contribution in [0.3, 0.4) is 0 Å². The summed E-state index contributed by atoms with van der Waals surface area (Å²) < 4.78 is 9.15. The van der Waals surface area contributed by atoms with Crippen LogP contribution in [0.5, 0.6) is 0 Å². The number of alkyl carbamates (subject to hydrolysis) is 1. The molecule has 0 saturated carbocycles. The standard InChI is InChI=1S/C6H12NO3/c1-3-10-6(8)7-4-5-9-2/h3H,4-5H2,1-2H3,(H,7,8). The highest BCUT2D eigenvalue weighted by Crippen LogP contribution is 1.79. The molecule has 0 rings (SSSR count). The van der Waals surface area contributed by atoms with Crippen molar-refractivity contribution in [1.82, 2.24) is 5.32 Å². The molecule has 0 aromatic carbocycles. The van der Waals surface area contributed by atoms with Gasteiger partial charge in [0.15, 0.2) is 0 Å². The molecule has 1 radical (unpaired) electrons.